The summed E-state index contributed by atoms with van der Waals surface area (Å²) in [6, 6.07) is 0. The Hall–Kier alpha value is -2.64. The molecular weight excluding hydrogens is 368 g/mol. The van der Waals surface area contributed by atoms with Gasteiger partial charge in [0.15, 0.2) is 0 Å². The molecule has 0 bridgehead atoms. The predicted octanol–water partition coefficient (Wildman–Crippen LogP) is 2.87. The van der Waals surface area contributed by atoms with Gasteiger partial charge in [-0.3, -0.25) is 0 Å². The Morgan fingerprint density at radius 1 is 0.480 bits per heavy atom. The number of nitrogens with zero attached hydrogens (tertiary/aromatic N) is 4. The number of imidazole rings is 4. The van der Waals surface area contributed by atoms with E-state index in [2.05, 4.69) is 39.9 Å². The van der Waals surface area contributed by atoms with E-state index in [9.17, 15) is 0 Å². The quantitative estimate of drug-likeness (QED) is 0.345. The van der Waals surface area contributed by atoms with E-state index in [0.29, 0.717) is 0 Å². The van der Waals surface area contributed by atoms with E-state index < -0.39 is 0 Å². The summed E-state index contributed by atoms with van der Waals surface area (Å²) >= 11 is 0. The number of aromatic nitrogens is 8. The minimum Gasteiger partial charge on any atom is -0.349 e. The van der Waals surface area contributed by atoms with Crippen molar-refractivity contribution in [2.75, 3.05) is 0 Å². The van der Waals surface area contributed by atoms with Gasteiger partial charge in [0, 0.05) is 49.6 Å². The van der Waals surface area contributed by atoms with Crippen LogP contribution in [0.3, 0.4) is 0 Å². The van der Waals surface area contributed by atoms with Crippen molar-refractivity contribution in [3.05, 3.63) is 72.9 Å². The minimum atomic E-state index is 0. The Kier molecular flexibility index (Phi) is 12.3. The summed E-state index contributed by atoms with van der Waals surface area (Å²) in [5, 5.41) is 0. The van der Waals surface area contributed by atoms with Gasteiger partial charge in [-0.15, -0.1) is 0 Å². The van der Waals surface area contributed by atoms with Crippen LogP contribution in [0.1, 0.15) is 23.3 Å². The summed E-state index contributed by atoms with van der Waals surface area (Å²) in [5.41, 5.74) is 0. The topological polar surface area (TPSA) is 115 Å². The molecule has 0 aromatic carbocycles. The number of aryl methyl sites for hydroxylation is 4. The first kappa shape index (κ1) is 22.4. The standard InChI is InChI=1S/4C4H6N2.Cu/c4*1-4-5-2-3-6-4;/h4*2-3H,1H3,(H,5,6);/q;;;;+1. The molecular formula is C16H24CuN8+. The van der Waals surface area contributed by atoms with Crippen molar-refractivity contribution in [2.24, 2.45) is 0 Å². The Morgan fingerprint density at radius 2 is 0.680 bits per heavy atom. The fourth-order valence-corrected chi connectivity index (χ4v) is 1.38. The summed E-state index contributed by atoms with van der Waals surface area (Å²) < 4.78 is 0. The van der Waals surface area contributed by atoms with Crippen LogP contribution in [-0.4, -0.2) is 39.9 Å². The largest absolute Gasteiger partial charge is 1.00 e. The SMILES string of the molecule is Cc1ncc[nH]1.Cc1ncc[nH]1.Cc1ncc[nH]1.Cc1ncc[nH]1.[Cu+]. The molecule has 0 aliphatic heterocycles. The van der Waals surface area contributed by atoms with Gasteiger partial charge in [0.25, 0.3) is 0 Å². The van der Waals surface area contributed by atoms with E-state index in [1.165, 1.54) is 0 Å². The molecule has 0 unspecified atom stereocenters. The number of hydrogen-bond donors (Lipinski definition) is 4. The van der Waals surface area contributed by atoms with Crippen LogP contribution in [0.4, 0.5) is 0 Å². The van der Waals surface area contributed by atoms with Gasteiger partial charge in [0.05, 0.1) is 0 Å². The zero-order valence-electron chi connectivity index (χ0n) is 14.7. The van der Waals surface area contributed by atoms with Crippen LogP contribution in [0.2, 0.25) is 0 Å². The molecule has 4 heterocycles. The Labute approximate surface area is 157 Å². The van der Waals surface area contributed by atoms with Crippen molar-refractivity contribution in [3.8, 4) is 0 Å². The van der Waals surface area contributed by atoms with Gasteiger partial charge in [-0.1, -0.05) is 0 Å². The van der Waals surface area contributed by atoms with Crippen molar-refractivity contribution < 1.29 is 17.1 Å². The minimum absolute atomic E-state index is 0. The van der Waals surface area contributed by atoms with Gasteiger partial charge >= 0.3 is 17.1 Å². The molecule has 4 rings (SSSR count). The molecule has 0 radical (unpaired) electrons. The summed E-state index contributed by atoms with van der Waals surface area (Å²) in [6.45, 7) is 7.67. The van der Waals surface area contributed by atoms with Gasteiger partial charge < -0.3 is 19.9 Å². The van der Waals surface area contributed by atoms with E-state index in [1.54, 1.807) is 49.6 Å². The van der Waals surface area contributed by atoms with Crippen LogP contribution in [0.5, 0.6) is 0 Å². The molecule has 4 aromatic rings. The molecule has 0 spiro atoms. The smallest absolute Gasteiger partial charge is 0.349 e. The maximum atomic E-state index is 3.86. The maximum absolute atomic E-state index is 3.86. The fourth-order valence-electron chi connectivity index (χ4n) is 1.38. The first-order valence-corrected chi connectivity index (χ1v) is 7.42. The first-order chi connectivity index (χ1) is 11.6. The van der Waals surface area contributed by atoms with Gasteiger partial charge in [0.2, 0.25) is 0 Å². The number of aromatic amines is 4. The van der Waals surface area contributed by atoms with Crippen LogP contribution < -0.4 is 0 Å². The molecule has 0 fully saturated rings. The summed E-state index contributed by atoms with van der Waals surface area (Å²) in [7, 11) is 0. The molecule has 4 aromatic heterocycles. The van der Waals surface area contributed by atoms with E-state index in [4.69, 9.17) is 0 Å². The fraction of sp³-hybridized carbons (Fsp3) is 0.250. The van der Waals surface area contributed by atoms with Gasteiger partial charge in [-0.2, -0.15) is 0 Å². The zero-order chi connectivity index (χ0) is 17.6. The second-order valence-electron chi connectivity index (χ2n) is 4.70. The van der Waals surface area contributed by atoms with E-state index in [-0.39, 0.29) is 17.1 Å². The predicted molar refractivity (Wildman–Crippen MR) is 93.3 cm³/mol. The molecule has 0 aliphatic carbocycles. The molecule has 0 saturated heterocycles. The summed E-state index contributed by atoms with van der Waals surface area (Å²) in [5.74, 6) is 3.87. The third kappa shape index (κ3) is 12.4. The Bertz CT molecular complexity index is 571. The van der Waals surface area contributed by atoms with Gasteiger partial charge in [0.1, 0.15) is 23.3 Å². The molecule has 4 N–H and O–H groups in total. The average Bonchev–Trinajstić information content (AvgIpc) is 3.31. The molecule has 0 atom stereocenters. The molecule has 138 valence electrons. The van der Waals surface area contributed by atoms with Crippen molar-refractivity contribution in [1.29, 1.82) is 0 Å². The zero-order valence-corrected chi connectivity index (χ0v) is 15.7. The number of nitrogens with one attached hydrogen (secondary N) is 4. The van der Waals surface area contributed by atoms with E-state index in [1.807, 2.05) is 27.7 Å². The first-order valence-electron chi connectivity index (χ1n) is 7.42. The second kappa shape index (κ2) is 13.8. The van der Waals surface area contributed by atoms with Crippen LogP contribution in [0, 0.1) is 27.7 Å². The van der Waals surface area contributed by atoms with Gasteiger partial charge in [-0.05, 0) is 27.7 Å². The third-order valence-electron chi connectivity index (χ3n) is 2.54. The van der Waals surface area contributed by atoms with Crippen LogP contribution in [0.15, 0.2) is 49.6 Å². The molecule has 9 heteroatoms. The second-order valence-corrected chi connectivity index (χ2v) is 4.70. The van der Waals surface area contributed by atoms with Crippen molar-refractivity contribution in [3.63, 3.8) is 0 Å². The molecule has 8 nitrogen and oxygen atoms in total. The normalized spacial score (nSPS) is 8.48. The van der Waals surface area contributed by atoms with Crippen LogP contribution in [-0.2, 0) is 17.1 Å². The maximum Gasteiger partial charge on any atom is 1.00 e. The summed E-state index contributed by atoms with van der Waals surface area (Å²) in [6.07, 6.45) is 14.1. The molecule has 0 aliphatic rings. The Morgan fingerprint density at radius 3 is 0.720 bits per heavy atom. The third-order valence-corrected chi connectivity index (χ3v) is 2.54. The van der Waals surface area contributed by atoms with Gasteiger partial charge in [-0.25, -0.2) is 19.9 Å². The number of H-pyrrole nitrogens is 4. The van der Waals surface area contributed by atoms with E-state index in [0.717, 1.165) is 23.3 Å². The van der Waals surface area contributed by atoms with E-state index >= 15 is 0 Å². The molecule has 0 saturated carbocycles. The monoisotopic (exact) mass is 391 g/mol. The van der Waals surface area contributed by atoms with Crippen molar-refractivity contribution in [1.82, 2.24) is 39.9 Å². The average molecular weight is 392 g/mol. The Balaban J connectivity index is 0.000000303. The van der Waals surface area contributed by atoms with Crippen molar-refractivity contribution in [2.45, 2.75) is 27.7 Å². The summed E-state index contributed by atoms with van der Waals surface area (Å²) in [4.78, 5) is 27.0. The molecule has 0 amide bonds. The van der Waals surface area contributed by atoms with Crippen LogP contribution >= 0.6 is 0 Å². The number of hydrogen-bond acceptors (Lipinski definition) is 4. The van der Waals surface area contributed by atoms with Crippen molar-refractivity contribution >= 4 is 0 Å². The van der Waals surface area contributed by atoms with Crippen LogP contribution in [0.25, 0.3) is 0 Å². The number of rotatable bonds is 0. The molecule has 25 heavy (non-hydrogen) atoms.